The standard InChI is InChI=1S/C20H23ClO2/c1-13(2)15-8-9-17(14(3)4)20(10-15)23-12-18-16(11-22)6-5-7-19(18)21/h5-11,13-14H,12H2,1-4H3. The Labute approximate surface area is 143 Å². The van der Waals surface area contributed by atoms with E-state index in [2.05, 4.69) is 45.9 Å². The Kier molecular flexibility index (Phi) is 5.84. The summed E-state index contributed by atoms with van der Waals surface area (Å²) in [5, 5.41) is 0.556. The van der Waals surface area contributed by atoms with Crippen LogP contribution in [0.25, 0.3) is 0 Å². The zero-order valence-electron chi connectivity index (χ0n) is 14.1. The molecule has 122 valence electrons. The predicted molar refractivity (Wildman–Crippen MR) is 95.8 cm³/mol. The topological polar surface area (TPSA) is 26.3 Å². The van der Waals surface area contributed by atoms with E-state index >= 15 is 0 Å². The second kappa shape index (κ2) is 7.65. The van der Waals surface area contributed by atoms with Crippen molar-refractivity contribution in [1.82, 2.24) is 0 Å². The molecule has 2 rings (SSSR count). The number of hydrogen-bond donors (Lipinski definition) is 0. The number of carbonyl (C=O) groups is 1. The zero-order valence-corrected chi connectivity index (χ0v) is 14.9. The van der Waals surface area contributed by atoms with Crippen molar-refractivity contribution in [3.8, 4) is 5.75 Å². The lowest BCUT2D eigenvalue weighted by atomic mass is 9.96. The van der Waals surface area contributed by atoms with Gasteiger partial charge in [-0.15, -0.1) is 0 Å². The third kappa shape index (κ3) is 4.14. The van der Waals surface area contributed by atoms with Gasteiger partial charge in [0.05, 0.1) is 0 Å². The minimum atomic E-state index is 0.287. The highest BCUT2D eigenvalue weighted by Crippen LogP contribution is 2.31. The maximum atomic E-state index is 11.2. The number of carbonyl (C=O) groups excluding carboxylic acids is 1. The quantitative estimate of drug-likeness (QED) is 0.609. The van der Waals surface area contributed by atoms with Gasteiger partial charge in [-0.3, -0.25) is 4.79 Å². The van der Waals surface area contributed by atoms with Crippen LogP contribution in [0.1, 0.15) is 66.6 Å². The molecule has 0 unspecified atom stereocenters. The summed E-state index contributed by atoms with van der Waals surface area (Å²) in [6, 6.07) is 11.7. The number of halogens is 1. The molecule has 0 aliphatic rings. The molecule has 0 radical (unpaired) electrons. The van der Waals surface area contributed by atoms with E-state index in [0.29, 0.717) is 22.4 Å². The van der Waals surface area contributed by atoms with Gasteiger partial charge >= 0.3 is 0 Å². The summed E-state index contributed by atoms with van der Waals surface area (Å²) in [6.07, 6.45) is 0.818. The lowest BCUT2D eigenvalue weighted by Gasteiger charge is -2.18. The zero-order chi connectivity index (χ0) is 17.0. The molecule has 0 amide bonds. The summed E-state index contributed by atoms with van der Waals surface area (Å²) in [7, 11) is 0. The first-order valence-electron chi connectivity index (χ1n) is 7.93. The maximum Gasteiger partial charge on any atom is 0.150 e. The van der Waals surface area contributed by atoms with E-state index in [1.54, 1.807) is 18.2 Å². The predicted octanol–water partition coefficient (Wildman–Crippen LogP) is 5.98. The third-order valence-corrected chi connectivity index (χ3v) is 4.33. The Morgan fingerprint density at radius 1 is 1.09 bits per heavy atom. The number of ether oxygens (including phenoxy) is 1. The highest BCUT2D eigenvalue weighted by Gasteiger charge is 2.13. The van der Waals surface area contributed by atoms with E-state index in [-0.39, 0.29) is 6.61 Å². The first kappa shape index (κ1) is 17.6. The van der Waals surface area contributed by atoms with Gasteiger partial charge in [-0.25, -0.2) is 0 Å². The van der Waals surface area contributed by atoms with Gasteiger partial charge in [-0.2, -0.15) is 0 Å². The van der Waals surface area contributed by atoms with Gasteiger partial charge in [-0.1, -0.05) is 63.6 Å². The Balaban J connectivity index is 2.33. The number of rotatable bonds is 6. The van der Waals surface area contributed by atoms with Crippen molar-refractivity contribution < 1.29 is 9.53 Å². The van der Waals surface area contributed by atoms with Gasteiger partial charge in [0.15, 0.2) is 6.29 Å². The Bertz CT molecular complexity index is 690. The van der Waals surface area contributed by atoms with Crippen LogP contribution < -0.4 is 4.74 Å². The van der Waals surface area contributed by atoms with Crippen LogP contribution in [0.5, 0.6) is 5.75 Å². The molecule has 0 atom stereocenters. The van der Waals surface area contributed by atoms with Crippen LogP contribution in [0.15, 0.2) is 36.4 Å². The van der Waals surface area contributed by atoms with E-state index in [1.165, 1.54) is 5.56 Å². The molecule has 0 spiro atoms. The van der Waals surface area contributed by atoms with Crippen LogP contribution in [0, 0.1) is 0 Å². The molecule has 2 aromatic rings. The second-order valence-electron chi connectivity index (χ2n) is 6.32. The summed E-state index contributed by atoms with van der Waals surface area (Å²) in [5.41, 5.74) is 3.70. The van der Waals surface area contributed by atoms with E-state index in [9.17, 15) is 4.79 Å². The molecule has 0 saturated heterocycles. The van der Waals surface area contributed by atoms with Crippen LogP contribution >= 0.6 is 11.6 Å². The number of hydrogen-bond acceptors (Lipinski definition) is 2. The molecule has 2 nitrogen and oxygen atoms in total. The molecule has 0 aliphatic heterocycles. The smallest absolute Gasteiger partial charge is 0.150 e. The molecule has 0 saturated carbocycles. The summed E-state index contributed by atoms with van der Waals surface area (Å²) in [4.78, 5) is 11.2. The van der Waals surface area contributed by atoms with Crippen molar-refractivity contribution in [3.05, 3.63) is 63.7 Å². The number of benzene rings is 2. The van der Waals surface area contributed by atoms with E-state index in [4.69, 9.17) is 16.3 Å². The normalized spacial score (nSPS) is 11.1. The largest absolute Gasteiger partial charge is 0.489 e. The Hall–Kier alpha value is -1.80. The lowest BCUT2D eigenvalue weighted by molar-refractivity contribution is 0.112. The molecule has 0 bridgehead atoms. The first-order valence-corrected chi connectivity index (χ1v) is 8.31. The molecule has 0 fully saturated rings. The SMILES string of the molecule is CC(C)c1ccc(C(C)C)c(OCc2c(Cl)cccc2C=O)c1. The monoisotopic (exact) mass is 330 g/mol. The van der Waals surface area contributed by atoms with Gasteiger partial charge < -0.3 is 4.74 Å². The molecule has 0 aliphatic carbocycles. The molecule has 0 N–H and O–H groups in total. The average Bonchev–Trinajstić information content (AvgIpc) is 2.52. The van der Waals surface area contributed by atoms with Crippen molar-refractivity contribution >= 4 is 17.9 Å². The minimum Gasteiger partial charge on any atom is -0.489 e. The van der Waals surface area contributed by atoms with Crippen LogP contribution in [0.3, 0.4) is 0 Å². The fourth-order valence-corrected chi connectivity index (χ4v) is 2.74. The van der Waals surface area contributed by atoms with Gasteiger partial charge in [0.25, 0.3) is 0 Å². The minimum absolute atomic E-state index is 0.287. The number of aldehydes is 1. The van der Waals surface area contributed by atoms with Crippen LogP contribution in [-0.4, -0.2) is 6.29 Å². The maximum absolute atomic E-state index is 11.2. The van der Waals surface area contributed by atoms with Crippen molar-refractivity contribution in [2.24, 2.45) is 0 Å². The molecular weight excluding hydrogens is 308 g/mol. The van der Waals surface area contributed by atoms with Gasteiger partial charge in [-0.05, 0) is 35.1 Å². The van der Waals surface area contributed by atoms with Crippen LogP contribution in [-0.2, 0) is 6.61 Å². The fraction of sp³-hybridized carbons (Fsp3) is 0.350. The Morgan fingerprint density at radius 2 is 1.83 bits per heavy atom. The van der Waals surface area contributed by atoms with Gasteiger partial charge in [0, 0.05) is 16.1 Å². The molecule has 0 heterocycles. The lowest BCUT2D eigenvalue weighted by Crippen LogP contribution is -2.04. The highest BCUT2D eigenvalue weighted by molar-refractivity contribution is 6.31. The molecule has 3 heteroatoms. The Morgan fingerprint density at radius 3 is 2.43 bits per heavy atom. The average molecular weight is 331 g/mol. The van der Waals surface area contributed by atoms with Crippen LogP contribution in [0.2, 0.25) is 5.02 Å². The van der Waals surface area contributed by atoms with Crippen LogP contribution in [0.4, 0.5) is 0 Å². The van der Waals surface area contributed by atoms with Gasteiger partial charge in [0.2, 0.25) is 0 Å². The summed E-state index contributed by atoms with van der Waals surface area (Å²) in [5.74, 6) is 1.66. The summed E-state index contributed by atoms with van der Waals surface area (Å²) < 4.78 is 6.06. The van der Waals surface area contributed by atoms with E-state index in [1.807, 2.05) is 0 Å². The summed E-state index contributed by atoms with van der Waals surface area (Å²) >= 11 is 6.22. The van der Waals surface area contributed by atoms with Crippen molar-refractivity contribution in [1.29, 1.82) is 0 Å². The van der Waals surface area contributed by atoms with Gasteiger partial charge in [0.1, 0.15) is 12.4 Å². The molecule has 0 aromatic heterocycles. The van der Waals surface area contributed by atoms with E-state index < -0.39 is 0 Å². The molecule has 23 heavy (non-hydrogen) atoms. The van der Waals surface area contributed by atoms with Crippen molar-refractivity contribution in [3.63, 3.8) is 0 Å². The third-order valence-electron chi connectivity index (χ3n) is 3.98. The van der Waals surface area contributed by atoms with E-state index in [0.717, 1.165) is 23.2 Å². The summed E-state index contributed by atoms with van der Waals surface area (Å²) in [6.45, 7) is 8.89. The molecule has 2 aromatic carbocycles. The first-order chi connectivity index (χ1) is 10.9. The second-order valence-corrected chi connectivity index (χ2v) is 6.73. The van der Waals surface area contributed by atoms with Crippen molar-refractivity contribution in [2.75, 3.05) is 0 Å². The molecular formula is C20H23ClO2. The highest BCUT2D eigenvalue weighted by atomic mass is 35.5. The van der Waals surface area contributed by atoms with Crippen molar-refractivity contribution in [2.45, 2.75) is 46.1 Å². The fourth-order valence-electron chi connectivity index (χ4n) is 2.50.